The largest absolute Gasteiger partial charge is 0.418 e. The lowest BCUT2D eigenvalue weighted by molar-refractivity contribution is -0.138. The number of halogens is 6. The molecule has 0 aliphatic heterocycles. The van der Waals surface area contributed by atoms with Gasteiger partial charge in [-0.2, -0.15) is 26.3 Å². The highest BCUT2D eigenvalue weighted by Gasteiger charge is 2.34. The molecule has 4 rings (SSSR count). The minimum absolute atomic E-state index is 0.225. The van der Waals surface area contributed by atoms with Crippen LogP contribution in [0.3, 0.4) is 0 Å². The number of alkyl halides is 6. The van der Waals surface area contributed by atoms with Gasteiger partial charge in [0.15, 0.2) is 0 Å². The number of pyridine rings is 1. The van der Waals surface area contributed by atoms with Crippen molar-refractivity contribution in [1.29, 1.82) is 0 Å². The van der Waals surface area contributed by atoms with Gasteiger partial charge in [0.05, 0.1) is 28.9 Å². The maximum atomic E-state index is 13.6. The lowest BCUT2D eigenvalue weighted by Crippen LogP contribution is -2.20. The third kappa shape index (κ3) is 6.16. The fourth-order valence-electron chi connectivity index (χ4n) is 3.94. The molecule has 2 heterocycles. The first-order valence-electron chi connectivity index (χ1n) is 11.4. The fraction of sp³-hybridized carbons (Fsp3) is 0.269. The second-order valence-electron chi connectivity index (χ2n) is 8.56. The minimum Gasteiger partial charge on any atom is -0.340 e. The first-order valence-corrected chi connectivity index (χ1v) is 11.4. The molecule has 11 heteroatoms. The molecule has 5 nitrogen and oxygen atoms in total. The molecule has 0 amide bonds. The molecular weight excluding hydrogens is 496 g/mol. The van der Waals surface area contributed by atoms with E-state index in [1.807, 2.05) is 18.9 Å². The second-order valence-corrected chi connectivity index (χ2v) is 8.56. The summed E-state index contributed by atoms with van der Waals surface area (Å²) in [4.78, 5) is 15.1. The molecule has 0 saturated carbocycles. The molecule has 0 atom stereocenters. The lowest BCUT2D eigenvalue weighted by Gasteiger charge is -2.17. The van der Waals surface area contributed by atoms with Crippen molar-refractivity contribution in [3.05, 3.63) is 77.7 Å². The van der Waals surface area contributed by atoms with Crippen LogP contribution in [0.2, 0.25) is 0 Å². The molecule has 0 radical (unpaired) electrons. The summed E-state index contributed by atoms with van der Waals surface area (Å²) in [6.07, 6.45) is -6.87. The van der Waals surface area contributed by atoms with E-state index in [0.29, 0.717) is 34.8 Å². The predicted octanol–water partition coefficient (Wildman–Crippen LogP) is 7.31. The Kier molecular flexibility index (Phi) is 7.35. The molecule has 2 aromatic heterocycles. The number of nitrogens with one attached hydrogen (secondary N) is 1. The van der Waals surface area contributed by atoms with Crippen molar-refractivity contribution in [3.8, 4) is 11.3 Å². The Bertz CT molecular complexity index is 1380. The third-order valence-corrected chi connectivity index (χ3v) is 5.62. The van der Waals surface area contributed by atoms with Gasteiger partial charge in [-0.15, -0.1) is 0 Å². The van der Waals surface area contributed by atoms with Crippen molar-refractivity contribution in [2.75, 3.05) is 18.9 Å². The smallest absolute Gasteiger partial charge is 0.340 e. The SMILES string of the molecule is CCCN(C)Cc1nc(Nc2ccc(C(F)(F)F)cc2)c2ccc(-c3ncccc3C(F)(F)F)cc2n1. The van der Waals surface area contributed by atoms with Gasteiger partial charge in [0.2, 0.25) is 0 Å². The summed E-state index contributed by atoms with van der Waals surface area (Å²) in [7, 11) is 1.89. The molecule has 0 spiro atoms. The molecule has 0 unspecified atom stereocenters. The van der Waals surface area contributed by atoms with Crippen molar-refractivity contribution in [2.24, 2.45) is 0 Å². The summed E-state index contributed by atoms with van der Waals surface area (Å²) in [5, 5.41) is 3.53. The molecule has 2 aromatic carbocycles. The van der Waals surface area contributed by atoms with Crippen LogP contribution in [0.15, 0.2) is 60.8 Å². The summed E-state index contributed by atoms with van der Waals surface area (Å²) in [5.41, 5.74) is -0.901. The van der Waals surface area contributed by atoms with Gasteiger partial charge in [-0.05, 0) is 68.5 Å². The van der Waals surface area contributed by atoms with Crippen LogP contribution in [-0.2, 0) is 18.9 Å². The topological polar surface area (TPSA) is 53.9 Å². The fourth-order valence-corrected chi connectivity index (χ4v) is 3.94. The Morgan fingerprint density at radius 2 is 1.62 bits per heavy atom. The first-order chi connectivity index (χ1) is 17.5. The summed E-state index contributed by atoms with van der Waals surface area (Å²) in [6, 6.07) is 11.3. The molecule has 37 heavy (non-hydrogen) atoms. The number of benzene rings is 2. The van der Waals surface area contributed by atoms with E-state index >= 15 is 0 Å². The zero-order valence-electron chi connectivity index (χ0n) is 20.0. The van der Waals surface area contributed by atoms with Crippen LogP contribution in [0.4, 0.5) is 37.8 Å². The monoisotopic (exact) mass is 519 g/mol. The van der Waals surface area contributed by atoms with Crippen LogP contribution in [-0.4, -0.2) is 33.4 Å². The van der Waals surface area contributed by atoms with Crippen LogP contribution in [0.1, 0.15) is 30.3 Å². The summed E-state index contributed by atoms with van der Waals surface area (Å²) < 4.78 is 79.6. The molecule has 0 fully saturated rings. The van der Waals surface area contributed by atoms with Crippen LogP contribution < -0.4 is 5.32 Å². The maximum Gasteiger partial charge on any atom is 0.418 e. The molecule has 0 aliphatic rings. The molecule has 0 saturated heterocycles. The Morgan fingerprint density at radius 1 is 0.892 bits per heavy atom. The number of aromatic nitrogens is 3. The van der Waals surface area contributed by atoms with Crippen molar-refractivity contribution in [2.45, 2.75) is 32.2 Å². The summed E-state index contributed by atoms with van der Waals surface area (Å²) in [6.45, 7) is 3.16. The average Bonchev–Trinajstić information content (AvgIpc) is 2.83. The van der Waals surface area contributed by atoms with Gasteiger partial charge in [-0.3, -0.25) is 9.88 Å². The Hall–Kier alpha value is -3.73. The first kappa shape index (κ1) is 26.3. The highest BCUT2D eigenvalue weighted by Crippen LogP contribution is 2.37. The summed E-state index contributed by atoms with van der Waals surface area (Å²) in [5.74, 6) is 0.736. The standard InChI is InChI=1S/C26H23F6N5/c1-3-13-37(2)15-22-35-21-14-16(23-20(26(30,31)32)5-4-12-33-23)6-11-19(21)24(36-22)34-18-9-7-17(8-10-18)25(27,28)29/h4-12,14H,3,13,15H2,1-2H3,(H,34,35,36). The van der Waals surface area contributed by atoms with Gasteiger partial charge in [-0.25, -0.2) is 9.97 Å². The molecule has 194 valence electrons. The molecule has 4 aromatic rings. The van der Waals surface area contributed by atoms with E-state index in [9.17, 15) is 26.3 Å². The van der Waals surface area contributed by atoms with Crippen molar-refractivity contribution in [3.63, 3.8) is 0 Å². The normalized spacial score (nSPS) is 12.4. The Labute approximate surface area is 209 Å². The van der Waals surface area contributed by atoms with E-state index in [1.165, 1.54) is 36.5 Å². The number of rotatable bonds is 7. The van der Waals surface area contributed by atoms with Gasteiger partial charge < -0.3 is 5.32 Å². The second kappa shape index (κ2) is 10.3. The highest BCUT2D eigenvalue weighted by atomic mass is 19.4. The van der Waals surface area contributed by atoms with E-state index in [-0.39, 0.29) is 11.3 Å². The lowest BCUT2D eigenvalue weighted by atomic mass is 10.0. The zero-order valence-corrected chi connectivity index (χ0v) is 20.0. The molecule has 0 bridgehead atoms. The van der Waals surface area contributed by atoms with Crippen LogP contribution >= 0.6 is 0 Å². The van der Waals surface area contributed by atoms with E-state index < -0.39 is 23.5 Å². The highest BCUT2D eigenvalue weighted by molar-refractivity contribution is 5.93. The van der Waals surface area contributed by atoms with Crippen LogP contribution in [0.5, 0.6) is 0 Å². The van der Waals surface area contributed by atoms with Gasteiger partial charge in [0.25, 0.3) is 0 Å². The number of hydrogen-bond donors (Lipinski definition) is 1. The van der Waals surface area contributed by atoms with Crippen molar-refractivity contribution < 1.29 is 26.3 Å². The average molecular weight is 519 g/mol. The molecule has 0 aliphatic carbocycles. The molecule has 1 N–H and O–H groups in total. The number of hydrogen-bond acceptors (Lipinski definition) is 5. The van der Waals surface area contributed by atoms with E-state index in [0.717, 1.165) is 31.2 Å². The number of nitrogens with zero attached hydrogens (tertiary/aromatic N) is 4. The zero-order chi connectivity index (χ0) is 26.8. The van der Waals surface area contributed by atoms with Gasteiger partial charge in [-0.1, -0.05) is 13.0 Å². The quantitative estimate of drug-likeness (QED) is 0.260. The Morgan fingerprint density at radius 3 is 2.27 bits per heavy atom. The number of fused-ring (bicyclic) bond motifs is 1. The van der Waals surface area contributed by atoms with Crippen molar-refractivity contribution in [1.82, 2.24) is 19.9 Å². The minimum atomic E-state index is -4.59. The predicted molar refractivity (Wildman–Crippen MR) is 129 cm³/mol. The van der Waals surface area contributed by atoms with Gasteiger partial charge >= 0.3 is 12.4 Å². The maximum absolute atomic E-state index is 13.6. The Balaban J connectivity index is 1.80. The van der Waals surface area contributed by atoms with Crippen LogP contribution in [0, 0.1) is 0 Å². The van der Waals surface area contributed by atoms with E-state index in [2.05, 4.69) is 20.3 Å². The van der Waals surface area contributed by atoms with Crippen molar-refractivity contribution >= 4 is 22.4 Å². The van der Waals surface area contributed by atoms with Gasteiger partial charge in [0, 0.05) is 22.8 Å². The van der Waals surface area contributed by atoms with E-state index in [1.54, 1.807) is 6.07 Å². The summed E-state index contributed by atoms with van der Waals surface area (Å²) >= 11 is 0. The third-order valence-electron chi connectivity index (χ3n) is 5.62. The van der Waals surface area contributed by atoms with Gasteiger partial charge in [0.1, 0.15) is 11.6 Å². The van der Waals surface area contributed by atoms with Crippen LogP contribution in [0.25, 0.3) is 22.2 Å². The van der Waals surface area contributed by atoms with E-state index in [4.69, 9.17) is 0 Å². The number of anilines is 2. The molecular formula is C26H23F6N5.